The number of anilines is 1. The van der Waals surface area contributed by atoms with Crippen LogP contribution in [0.4, 0.5) is 10.1 Å². The summed E-state index contributed by atoms with van der Waals surface area (Å²) in [7, 11) is 0. The molecule has 0 unspecified atom stereocenters. The van der Waals surface area contributed by atoms with Crippen LogP contribution >= 0.6 is 39.1 Å². The zero-order chi connectivity index (χ0) is 13.1. The molecule has 0 fully saturated rings. The van der Waals surface area contributed by atoms with E-state index in [1.54, 1.807) is 30.3 Å². The second-order valence-electron chi connectivity index (χ2n) is 3.75. The lowest BCUT2D eigenvalue weighted by atomic mass is 10.2. The summed E-state index contributed by atoms with van der Waals surface area (Å²) in [5, 5.41) is 4.16. The molecule has 0 atom stereocenters. The van der Waals surface area contributed by atoms with Crippen molar-refractivity contribution >= 4 is 44.8 Å². The van der Waals surface area contributed by atoms with Crippen molar-refractivity contribution in [3.63, 3.8) is 0 Å². The monoisotopic (exact) mass is 347 g/mol. The summed E-state index contributed by atoms with van der Waals surface area (Å²) in [5.74, 6) is -0.259. The number of benzene rings is 2. The van der Waals surface area contributed by atoms with Gasteiger partial charge in [0.2, 0.25) is 0 Å². The maximum atomic E-state index is 13.6. The van der Waals surface area contributed by atoms with Crippen molar-refractivity contribution in [3.05, 3.63) is 62.3 Å². The Balaban J connectivity index is 2.11. The van der Waals surface area contributed by atoms with Gasteiger partial charge in [-0.1, -0.05) is 45.2 Å². The van der Waals surface area contributed by atoms with Crippen LogP contribution in [0.1, 0.15) is 5.56 Å². The summed E-state index contributed by atoms with van der Waals surface area (Å²) >= 11 is 15.0. The lowest BCUT2D eigenvalue weighted by Crippen LogP contribution is -2.01. The van der Waals surface area contributed by atoms with Gasteiger partial charge < -0.3 is 5.32 Å². The third-order valence-electron chi connectivity index (χ3n) is 2.36. The van der Waals surface area contributed by atoms with E-state index >= 15 is 0 Å². The van der Waals surface area contributed by atoms with Crippen LogP contribution in [-0.4, -0.2) is 0 Å². The largest absolute Gasteiger partial charge is 0.381 e. The van der Waals surface area contributed by atoms with Gasteiger partial charge >= 0.3 is 0 Å². The van der Waals surface area contributed by atoms with Gasteiger partial charge in [-0.05, 0) is 30.3 Å². The Hall–Kier alpha value is -0.770. The summed E-state index contributed by atoms with van der Waals surface area (Å²) in [6, 6.07) is 10.1. The predicted molar refractivity (Wildman–Crippen MR) is 77.9 cm³/mol. The van der Waals surface area contributed by atoms with Gasteiger partial charge in [0.1, 0.15) is 5.82 Å². The number of halogens is 4. The average molecular weight is 349 g/mol. The zero-order valence-corrected chi connectivity index (χ0v) is 12.3. The van der Waals surface area contributed by atoms with Crippen LogP contribution < -0.4 is 5.32 Å². The molecule has 0 aliphatic carbocycles. The Labute approximate surface area is 123 Å². The van der Waals surface area contributed by atoms with E-state index in [2.05, 4.69) is 21.2 Å². The molecule has 0 aromatic heterocycles. The summed E-state index contributed by atoms with van der Waals surface area (Å²) in [5.41, 5.74) is 1.34. The number of rotatable bonds is 3. The number of hydrogen-bond donors (Lipinski definition) is 1. The highest BCUT2D eigenvalue weighted by atomic mass is 79.9. The molecule has 0 heterocycles. The summed E-state index contributed by atoms with van der Waals surface area (Å²) < 4.78 is 14.3. The van der Waals surface area contributed by atoms with Crippen LogP contribution in [0.25, 0.3) is 0 Å². The standard InChI is InChI=1S/C13H9BrCl2FN/c14-9-2-1-8(13(17)3-9)7-18-12-5-10(15)4-11(16)6-12/h1-6,18H,7H2. The first-order chi connectivity index (χ1) is 8.54. The molecule has 0 spiro atoms. The molecule has 0 aliphatic heterocycles. The zero-order valence-electron chi connectivity index (χ0n) is 9.18. The molecule has 0 amide bonds. The third-order valence-corrected chi connectivity index (χ3v) is 3.29. The minimum atomic E-state index is -0.259. The van der Waals surface area contributed by atoms with E-state index in [1.165, 1.54) is 6.07 Å². The molecule has 0 saturated carbocycles. The van der Waals surface area contributed by atoms with Crippen molar-refractivity contribution in [1.82, 2.24) is 0 Å². The van der Waals surface area contributed by atoms with Crippen LogP contribution in [0.2, 0.25) is 10.0 Å². The Bertz CT molecular complexity index is 555. The van der Waals surface area contributed by atoms with Gasteiger partial charge in [-0.2, -0.15) is 0 Å². The van der Waals surface area contributed by atoms with Crippen molar-refractivity contribution in [2.45, 2.75) is 6.54 Å². The maximum absolute atomic E-state index is 13.6. The average Bonchev–Trinajstić information content (AvgIpc) is 2.26. The van der Waals surface area contributed by atoms with Crippen LogP contribution in [0.15, 0.2) is 40.9 Å². The Morgan fingerprint density at radius 1 is 1.06 bits per heavy atom. The van der Waals surface area contributed by atoms with Crippen LogP contribution in [0, 0.1) is 5.82 Å². The summed E-state index contributed by atoms with van der Waals surface area (Å²) in [6.45, 7) is 0.371. The second kappa shape index (κ2) is 5.91. The van der Waals surface area contributed by atoms with Crippen molar-refractivity contribution < 1.29 is 4.39 Å². The molecule has 1 N–H and O–H groups in total. The quantitative estimate of drug-likeness (QED) is 0.771. The van der Waals surface area contributed by atoms with Crippen LogP contribution in [0.5, 0.6) is 0 Å². The van der Waals surface area contributed by atoms with Crippen molar-refractivity contribution in [1.29, 1.82) is 0 Å². The highest BCUT2D eigenvalue weighted by Crippen LogP contribution is 2.23. The van der Waals surface area contributed by atoms with E-state index in [-0.39, 0.29) is 5.82 Å². The highest BCUT2D eigenvalue weighted by molar-refractivity contribution is 9.10. The molecule has 0 radical (unpaired) electrons. The van der Waals surface area contributed by atoms with Crippen LogP contribution in [-0.2, 0) is 6.54 Å². The van der Waals surface area contributed by atoms with Gasteiger partial charge in [0, 0.05) is 32.3 Å². The topological polar surface area (TPSA) is 12.0 Å². The van der Waals surface area contributed by atoms with Crippen molar-refractivity contribution in [2.24, 2.45) is 0 Å². The molecule has 2 aromatic carbocycles. The number of nitrogens with one attached hydrogen (secondary N) is 1. The molecule has 0 saturated heterocycles. The van der Waals surface area contributed by atoms with Crippen molar-refractivity contribution in [3.8, 4) is 0 Å². The third kappa shape index (κ3) is 3.61. The Morgan fingerprint density at radius 3 is 2.33 bits per heavy atom. The van der Waals surface area contributed by atoms with Crippen molar-refractivity contribution in [2.75, 3.05) is 5.32 Å². The first-order valence-electron chi connectivity index (χ1n) is 5.18. The molecular formula is C13H9BrCl2FN. The first-order valence-corrected chi connectivity index (χ1v) is 6.73. The minimum Gasteiger partial charge on any atom is -0.381 e. The maximum Gasteiger partial charge on any atom is 0.129 e. The van der Waals surface area contributed by atoms with E-state index in [1.807, 2.05) is 0 Å². The fourth-order valence-corrected chi connectivity index (χ4v) is 2.38. The normalized spacial score (nSPS) is 10.4. The van der Waals surface area contributed by atoms with Crippen LogP contribution in [0.3, 0.4) is 0 Å². The molecule has 2 aromatic rings. The molecule has 2 rings (SSSR count). The van der Waals surface area contributed by atoms with E-state index < -0.39 is 0 Å². The van der Waals surface area contributed by atoms with E-state index in [0.717, 1.165) is 10.2 Å². The SMILES string of the molecule is Fc1cc(Br)ccc1CNc1cc(Cl)cc(Cl)c1. The van der Waals surface area contributed by atoms with Gasteiger partial charge in [-0.25, -0.2) is 4.39 Å². The Kier molecular flexibility index (Phi) is 4.49. The predicted octanol–water partition coefficient (Wildman–Crippen LogP) is 5.51. The molecule has 18 heavy (non-hydrogen) atoms. The second-order valence-corrected chi connectivity index (χ2v) is 5.54. The molecule has 0 aliphatic rings. The summed E-state index contributed by atoms with van der Waals surface area (Å²) in [6.07, 6.45) is 0. The first kappa shape index (κ1) is 13.7. The lowest BCUT2D eigenvalue weighted by molar-refractivity contribution is 0.612. The number of hydrogen-bond acceptors (Lipinski definition) is 1. The van der Waals surface area contributed by atoms with E-state index in [0.29, 0.717) is 22.2 Å². The Morgan fingerprint density at radius 2 is 1.72 bits per heavy atom. The van der Waals surface area contributed by atoms with Gasteiger partial charge in [-0.3, -0.25) is 0 Å². The van der Waals surface area contributed by atoms with E-state index in [9.17, 15) is 4.39 Å². The van der Waals surface area contributed by atoms with Gasteiger partial charge in [0.15, 0.2) is 0 Å². The van der Waals surface area contributed by atoms with Gasteiger partial charge in [-0.15, -0.1) is 0 Å². The molecular weight excluding hydrogens is 340 g/mol. The highest BCUT2D eigenvalue weighted by Gasteiger charge is 2.03. The summed E-state index contributed by atoms with van der Waals surface area (Å²) in [4.78, 5) is 0. The van der Waals surface area contributed by atoms with E-state index in [4.69, 9.17) is 23.2 Å². The molecule has 0 bridgehead atoms. The fraction of sp³-hybridized carbons (Fsp3) is 0.0769. The molecule has 94 valence electrons. The minimum absolute atomic E-state index is 0.259. The molecule has 5 heteroatoms. The van der Waals surface area contributed by atoms with Gasteiger partial charge in [0.25, 0.3) is 0 Å². The smallest absolute Gasteiger partial charge is 0.129 e. The lowest BCUT2D eigenvalue weighted by Gasteiger charge is -2.08. The van der Waals surface area contributed by atoms with Gasteiger partial charge in [0.05, 0.1) is 0 Å². The fourth-order valence-electron chi connectivity index (χ4n) is 1.52. The molecule has 1 nitrogen and oxygen atoms in total.